The molecule has 0 bridgehead atoms. The van der Waals surface area contributed by atoms with Gasteiger partial charge in [0.1, 0.15) is 0 Å². The summed E-state index contributed by atoms with van der Waals surface area (Å²) in [5.41, 5.74) is 0. The predicted octanol–water partition coefficient (Wildman–Crippen LogP) is 32.8. The molecular weight excluding hydrogens is 1060 g/mol. The SMILES string of the molecule is CCCCCCCCCC.CCCCCCCCCC.CCCCCCCCCC.CCCCCCCCCC.CCCCCCCCCC.CCCCCCCCCC.CCCCCCCCCC.CCCCCCCCCC.O=C1C=CC(=O)O1. The van der Waals surface area contributed by atoms with Gasteiger partial charge in [0, 0.05) is 12.2 Å². The van der Waals surface area contributed by atoms with Crippen LogP contribution in [0.1, 0.15) is 522 Å². The van der Waals surface area contributed by atoms with Crippen molar-refractivity contribution < 1.29 is 14.3 Å². The monoisotopic (exact) mass is 1240 g/mol. The number of hydrogen-bond donors (Lipinski definition) is 0. The third-order valence-corrected chi connectivity index (χ3v) is 16.2. The van der Waals surface area contributed by atoms with E-state index in [9.17, 15) is 9.59 Å². The molecule has 87 heavy (non-hydrogen) atoms. The number of rotatable bonds is 56. The summed E-state index contributed by atoms with van der Waals surface area (Å²) in [6.07, 6.45) is 93.9. The fourth-order valence-electron chi connectivity index (χ4n) is 9.96. The first kappa shape index (κ1) is 102. The second kappa shape index (κ2) is 116. The summed E-state index contributed by atoms with van der Waals surface area (Å²) in [5, 5.41) is 0. The van der Waals surface area contributed by atoms with Crippen LogP contribution >= 0.6 is 0 Å². The topological polar surface area (TPSA) is 43.4 Å². The molecule has 0 aromatic carbocycles. The van der Waals surface area contributed by atoms with Crippen molar-refractivity contribution >= 4 is 11.9 Å². The van der Waals surface area contributed by atoms with Crippen LogP contribution in [0.3, 0.4) is 0 Å². The number of ether oxygens (including phenoxy) is 1. The molecule has 0 saturated heterocycles. The van der Waals surface area contributed by atoms with Crippen LogP contribution in [-0.4, -0.2) is 11.9 Å². The zero-order valence-corrected chi connectivity index (χ0v) is 64.6. The molecule has 3 heteroatoms. The van der Waals surface area contributed by atoms with Gasteiger partial charge in [-0.15, -0.1) is 0 Å². The number of esters is 2. The van der Waals surface area contributed by atoms with Crippen LogP contribution in [0, 0.1) is 0 Å². The van der Waals surface area contributed by atoms with Crippen molar-refractivity contribution in [1.82, 2.24) is 0 Å². The molecule has 0 unspecified atom stereocenters. The summed E-state index contributed by atoms with van der Waals surface area (Å²) in [4.78, 5) is 19.8. The Morgan fingerprint density at radius 2 is 0.218 bits per heavy atom. The maximum Gasteiger partial charge on any atom is 0.338 e. The number of carbonyl (C=O) groups excluding carboxylic acids is 2. The summed E-state index contributed by atoms with van der Waals surface area (Å²) < 4.78 is 3.97. The first-order valence-electron chi connectivity index (χ1n) is 41.0. The second-order valence-corrected chi connectivity index (χ2v) is 26.0. The number of unbranched alkanes of at least 4 members (excludes halogenated alkanes) is 56. The molecule has 0 aromatic rings. The van der Waals surface area contributed by atoms with E-state index in [0.29, 0.717) is 0 Å². The van der Waals surface area contributed by atoms with Crippen molar-refractivity contribution in [3.8, 4) is 0 Å². The standard InChI is InChI=1S/8C10H22.C4H2O3/c8*1-3-5-7-9-10-8-6-4-2;5-3-1-2-4(6)7-3/h8*3-10H2,1-2H3;1-2H. The Balaban J connectivity index is -0.000000135. The summed E-state index contributed by atoms with van der Waals surface area (Å²) >= 11 is 0. The van der Waals surface area contributed by atoms with Crippen LogP contribution in [-0.2, 0) is 14.3 Å². The van der Waals surface area contributed by atoms with E-state index in [1.807, 2.05) is 0 Å². The molecule has 1 rings (SSSR count). The third-order valence-electron chi connectivity index (χ3n) is 16.2. The maximum absolute atomic E-state index is 9.92. The average molecular weight is 1240 g/mol. The van der Waals surface area contributed by atoms with Crippen molar-refractivity contribution in [3.63, 3.8) is 0 Å². The molecule has 3 nitrogen and oxygen atoms in total. The molecule has 532 valence electrons. The molecule has 0 atom stereocenters. The Bertz CT molecular complexity index is 777. The average Bonchev–Trinajstić information content (AvgIpc) is 3.95. The molecule has 1 heterocycles. The van der Waals surface area contributed by atoms with Crippen LogP contribution in [0.4, 0.5) is 0 Å². The molecule has 1 aliphatic rings. The quantitative estimate of drug-likeness (QED) is 0.0346. The summed E-state index contributed by atoms with van der Waals surface area (Å²) in [6, 6.07) is 0. The van der Waals surface area contributed by atoms with Crippen LogP contribution in [0.25, 0.3) is 0 Å². The molecule has 0 fully saturated rings. The van der Waals surface area contributed by atoms with E-state index in [4.69, 9.17) is 0 Å². The van der Waals surface area contributed by atoms with Gasteiger partial charge in [-0.2, -0.15) is 0 Å². The van der Waals surface area contributed by atoms with Crippen molar-refractivity contribution in [2.75, 3.05) is 0 Å². The molecule has 0 aromatic heterocycles. The van der Waals surface area contributed by atoms with E-state index >= 15 is 0 Å². The third kappa shape index (κ3) is 143. The Hall–Kier alpha value is -1.12. The van der Waals surface area contributed by atoms with Gasteiger partial charge in [-0.25, -0.2) is 9.59 Å². The Morgan fingerprint density at radius 1 is 0.149 bits per heavy atom. The minimum Gasteiger partial charge on any atom is -0.387 e. The summed E-state index contributed by atoms with van der Waals surface area (Å²) in [5.74, 6) is -1.16. The Morgan fingerprint density at radius 3 is 0.264 bits per heavy atom. The van der Waals surface area contributed by atoms with Gasteiger partial charge in [-0.05, 0) is 0 Å². The molecule has 0 radical (unpaired) electrons. The molecule has 1 aliphatic heterocycles. The zero-order valence-electron chi connectivity index (χ0n) is 64.6. The van der Waals surface area contributed by atoms with Gasteiger partial charge in [-0.3, -0.25) is 0 Å². The van der Waals surface area contributed by atoms with E-state index < -0.39 is 11.9 Å². The second-order valence-electron chi connectivity index (χ2n) is 26.0. The molecule has 0 N–H and O–H groups in total. The smallest absolute Gasteiger partial charge is 0.338 e. The van der Waals surface area contributed by atoms with Gasteiger partial charge < -0.3 is 4.74 Å². The zero-order chi connectivity index (χ0) is 66.5. The van der Waals surface area contributed by atoms with Gasteiger partial charge in [-0.1, -0.05) is 522 Å². The Kier molecular flexibility index (Phi) is 136. The van der Waals surface area contributed by atoms with Gasteiger partial charge in [0.25, 0.3) is 0 Å². The van der Waals surface area contributed by atoms with Crippen LogP contribution in [0.15, 0.2) is 12.2 Å². The van der Waals surface area contributed by atoms with Crippen LogP contribution in [0.5, 0.6) is 0 Å². The molecule has 0 spiro atoms. The van der Waals surface area contributed by atoms with Crippen molar-refractivity contribution in [2.45, 2.75) is 522 Å². The number of carbonyl (C=O) groups is 2. The fourth-order valence-corrected chi connectivity index (χ4v) is 9.96. The highest BCUT2D eigenvalue weighted by molar-refractivity contribution is 6.04. The summed E-state index contributed by atoms with van der Waals surface area (Å²) in [7, 11) is 0. The number of cyclic esters (lactones) is 2. The lowest BCUT2D eigenvalue weighted by Gasteiger charge is -1.97. The first-order valence-corrected chi connectivity index (χ1v) is 41.0. The maximum atomic E-state index is 9.92. The molecule has 0 saturated carbocycles. The van der Waals surface area contributed by atoms with Gasteiger partial charge in [0.2, 0.25) is 0 Å². The van der Waals surface area contributed by atoms with E-state index in [-0.39, 0.29) is 0 Å². The lowest BCUT2D eigenvalue weighted by molar-refractivity contribution is -0.150. The number of hydrogen-bond acceptors (Lipinski definition) is 3. The van der Waals surface area contributed by atoms with E-state index in [2.05, 4.69) is 116 Å². The van der Waals surface area contributed by atoms with Crippen LogP contribution < -0.4 is 0 Å². The van der Waals surface area contributed by atoms with Crippen molar-refractivity contribution in [1.29, 1.82) is 0 Å². The van der Waals surface area contributed by atoms with Gasteiger partial charge >= 0.3 is 11.9 Å². The molecule has 0 aliphatic carbocycles. The van der Waals surface area contributed by atoms with E-state index in [0.717, 1.165) is 12.2 Å². The van der Waals surface area contributed by atoms with Gasteiger partial charge in [0.15, 0.2) is 0 Å². The first-order chi connectivity index (χ1) is 42.6. The molecular formula is C84H178O3. The highest BCUT2D eigenvalue weighted by atomic mass is 16.6. The Labute approximate surface area is 557 Å². The van der Waals surface area contributed by atoms with Gasteiger partial charge in [0.05, 0.1) is 0 Å². The van der Waals surface area contributed by atoms with Crippen molar-refractivity contribution in [3.05, 3.63) is 12.2 Å². The van der Waals surface area contributed by atoms with Crippen molar-refractivity contribution in [2.24, 2.45) is 0 Å². The van der Waals surface area contributed by atoms with Crippen LogP contribution in [0.2, 0.25) is 0 Å². The molecule has 0 amide bonds. The lowest BCUT2D eigenvalue weighted by Crippen LogP contribution is -1.96. The largest absolute Gasteiger partial charge is 0.387 e. The summed E-state index contributed by atoms with van der Waals surface area (Å²) in [6.45, 7) is 36.3. The van der Waals surface area contributed by atoms with E-state index in [1.165, 1.54) is 411 Å². The highest BCUT2D eigenvalue weighted by Crippen LogP contribution is 2.13. The highest BCUT2D eigenvalue weighted by Gasteiger charge is 2.10. The lowest BCUT2D eigenvalue weighted by atomic mass is 10.1. The normalized spacial score (nSPS) is 10.8. The van der Waals surface area contributed by atoms with E-state index in [1.54, 1.807) is 0 Å². The minimum absolute atomic E-state index is 0.579. The minimum atomic E-state index is -0.579. The fraction of sp³-hybridized carbons (Fsp3) is 0.952. The predicted molar refractivity (Wildman–Crippen MR) is 407 cm³/mol.